The van der Waals surface area contributed by atoms with Gasteiger partial charge in [-0.1, -0.05) is 18.2 Å². The van der Waals surface area contributed by atoms with E-state index in [1.54, 1.807) is 27.5 Å². The van der Waals surface area contributed by atoms with Crippen molar-refractivity contribution in [1.82, 2.24) is 9.78 Å². The molecule has 0 bridgehead atoms. The molecule has 1 aromatic heterocycles. The summed E-state index contributed by atoms with van der Waals surface area (Å²) in [6.07, 6.45) is 2.80. The Bertz CT molecular complexity index is 986. The van der Waals surface area contributed by atoms with Crippen LogP contribution in [0.1, 0.15) is 34.0 Å². The molecule has 6 heteroatoms. The van der Waals surface area contributed by atoms with E-state index in [1.807, 2.05) is 47.1 Å². The number of fused-ring (bicyclic) bond motifs is 1. The Morgan fingerprint density at radius 2 is 1.64 bits per heavy atom. The second-order valence-electron chi connectivity index (χ2n) is 6.74. The molecule has 4 rings (SSSR count). The standard InChI is InChI=1S/C22H22N2O4/c1-26-20-11-15(12-21(27-2)22(20)28-3)14-9-18-17(19(25)10-14)13-23-24(18)16-7-5-4-6-8-16/h4-8,11-14H,9-10H2,1-3H3. The van der Waals surface area contributed by atoms with Gasteiger partial charge in [0.2, 0.25) is 5.75 Å². The van der Waals surface area contributed by atoms with Crippen LogP contribution < -0.4 is 14.2 Å². The molecule has 1 aliphatic carbocycles. The Morgan fingerprint density at radius 1 is 0.964 bits per heavy atom. The molecule has 144 valence electrons. The second kappa shape index (κ2) is 7.38. The smallest absolute Gasteiger partial charge is 0.203 e. The Labute approximate surface area is 163 Å². The van der Waals surface area contributed by atoms with Crippen LogP contribution in [-0.4, -0.2) is 36.9 Å². The Morgan fingerprint density at radius 3 is 2.25 bits per heavy atom. The summed E-state index contributed by atoms with van der Waals surface area (Å²) >= 11 is 0. The van der Waals surface area contributed by atoms with Crippen molar-refractivity contribution < 1.29 is 19.0 Å². The molecule has 0 fully saturated rings. The molecule has 0 N–H and O–H groups in total. The second-order valence-corrected chi connectivity index (χ2v) is 6.74. The molecule has 3 aromatic rings. The van der Waals surface area contributed by atoms with Crippen LogP contribution in [-0.2, 0) is 6.42 Å². The largest absolute Gasteiger partial charge is 0.493 e. The maximum Gasteiger partial charge on any atom is 0.203 e. The number of hydrogen-bond donors (Lipinski definition) is 0. The first-order chi connectivity index (χ1) is 13.7. The molecule has 1 aliphatic rings. The van der Waals surface area contributed by atoms with Crippen LogP contribution in [0.15, 0.2) is 48.7 Å². The molecule has 0 aliphatic heterocycles. The first-order valence-corrected chi connectivity index (χ1v) is 9.11. The summed E-state index contributed by atoms with van der Waals surface area (Å²) < 4.78 is 18.2. The van der Waals surface area contributed by atoms with Gasteiger partial charge in [-0.3, -0.25) is 4.79 Å². The molecule has 0 saturated carbocycles. The van der Waals surface area contributed by atoms with Crippen LogP contribution in [0.4, 0.5) is 0 Å². The molecular formula is C22H22N2O4. The van der Waals surface area contributed by atoms with E-state index >= 15 is 0 Å². The number of carbonyl (C=O) groups excluding carboxylic acids is 1. The number of carbonyl (C=O) groups is 1. The quantitative estimate of drug-likeness (QED) is 0.676. The van der Waals surface area contributed by atoms with E-state index in [1.165, 1.54) is 0 Å². The van der Waals surface area contributed by atoms with Crippen molar-refractivity contribution in [1.29, 1.82) is 0 Å². The van der Waals surface area contributed by atoms with Gasteiger partial charge < -0.3 is 14.2 Å². The van der Waals surface area contributed by atoms with Crippen molar-refractivity contribution >= 4 is 5.78 Å². The Hall–Kier alpha value is -3.28. The minimum atomic E-state index is 0.00729. The highest BCUT2D eigenvalue weighted by molar-refractivity contribution is 5.98. The molecule has 2 aromatic carbocycles. The van der Waals surface area contributed by atoms with Crippen LogP contribution in [0.25, 0.3) is 5.69 Å². The zero-order chi connectivity index (χ0) is 19.7. The summed E-state index contributed by atoms with van der Waals surface area (Å²) in [7, 11) is 4.76. The maximum atomic E-state index is 12.8. The molecule has 0 amide bonds. The summed E-state index contributed by atoms with van der Waals surface area (Å²) in [4.78, 5) is 12.8. The predicted molar refractivity (Wildman–Crippen MR) is 105 cm³/mol. The van der Waals surface area contributed by atoms with E-state index in [-0.39, 0.29) is 11.7 Å². The number of ketones is 1. The first kappa shape index (κ1) is 18.1. The summed E-state index contributed by atoms with van der Waals surface area (Å²) in [5.41, 5.74) is 3.56. The fourth-order valence-corrected chi connectivity index (χ4v) is 3.81. The highest BCUT2D eigenvalue weighted by Crippen LogP contribution is 2.43. The molecule has 1 unspecified atom stereocenters. The number of benzene rings is 2. The van der Waals surface area contributed by atoms with E-state index < -0.39 is 0 Å². The van der Waals surface area contributed by atoms with Crippen LogP contribution in [0.5, 0.6) is 17.2 Å². The molecule has 0 spiro atoms. The summed E-state index contributed by atoms with van der Waals surface area (Å²) in [6, 6.07) is 13.7. The Balaban J connectivity index is 1.76. The maximum absolute atomic E-state index is 12.8. The zero-order valence-corrected chi connectivity index (χ0v) is 16.1. The number of hydrogen-bond acceptors (Lipinski definition) is 5. The number of methoxy groups -OCH3 is 3. The third-order valence-corrected chi connectivity index (χ3v) is 5.20. The fraction of sp³-hybridized carbons (Fsp3) is 0.273. The van der Waals surface area contributed by atoms with Gasteiger partial charge in [0.25, 0.3) is 0 Å². The van der Waals surface area contributed by atoms with E-state index in [0.29, 0.717) is 35.7 Å². The van der Waals surface area contributed by atoms with Gasteiger partial charge in [0.05, 0.1) is 44.5 Å². The van der Waals surface area contributed by atoms with Gasteiger partial charge in [-0.2, -0.15) is 5.10 Å². The molecular weight excluding hydrogens is 356 g/mol. The highest BCUT2D eigenvalue weighted by atomic mass is 16.5. The predicted octanol–water partition coefficient (Wildman–Crippen LogP) is 3.81. The fourth-order valence-electron chi connectivity index (χ4n) is 3.81. The number of rotatable bonds is 5. The van der Waals surface area contributed by atoms with Gasteiger partial charge in [-0.05, 0) is 42.2 Å². The van der Waals surface area contributed by atoms with Crippen LogP contribution in [0.2, 0.25) is 0 Å². The lowest BCUT2D eigenvalue weighted by atomic mass is 9.82. The molecule has 1 heterocycles. The van der Waals surface area contributed by atoms with Crippen LogP contribution in [0.3, 0.4) is 0 Å². The summed E-state index contributed by atoms with van der Waals surface area (Å²) in [5.74, 6) is 1.83. The van der Waals surface area contributed by atoms with Crippen molar-refractivity contribution in [3.8, 4) is 22.9 Å². The summed E-state index contributed by atoms with van der Waals surface area (Å²) in [6.45, 7) is 0. The number of para-hydroxylation sites is 1. The van der Waals surface area contributed by atoms with Gasteiger partial charge in [0.1, 0.15) is 0 Å². The van der Waals surface area contributed by atoms with Gasteiger partial charge in [0, 0.05) is 6.42 Å². The van der Waals surface area contributed by atoms with Crippen molar-refractivity contribution in [2.24, 2.45) is 0 Å². The van der Waals surface area contributed by atoms with Crippen molar-refractivity contribution in [2.45, 2.75) is 18.8 Å². The van der Waals surface area contributed by atoms with E-state index in [4.69, 9.17) is 14.2 Å². The lowest BCUT2D eigenvalue weighted by molar-refractivity contribution is 0.0963. The van der Waals surface area contributed by atoms with Crippen molar-refractivity contribution in [3.05, 3.63) is 65.5 Å². The van der Waals surface area contributed by atoms with Gasteiger partial charge in [-0.25, -0.2) is 4.68 Å². The van der Waals surface area contributed by atoms with E-state index in [9.17, 15) is 4.79 Å². The van der Waals surface area contributed by atoms with Gasteiger partial charge >= 0.3 is 0 Å². The lowest BCUT2D eigenvalue weighted by Crippen LogP contribution is -2.20. The molecule has 28 heavy (non-hydrogen) atoms. The number of nitrogens with zero attached hydrogens (tertiary/aromatic N) is 2. The Kier molecular flexibility index (Phi) is 4.77. The minimum Gasteiger partial charge on any atom is -0.493 e. The van der Waals surface area contributed by atoms with Crippen LogP contribution in [0, 0.1) is 0 Å². The zero-order valence-electron chi connectivity index (χ0n) is 16.1. The third-order valence-electron chi connectivity index (χ3n) is 5.20. The van der Waals surface area contributed by atoms with E-state index in [2.05, 4.69) is 5.10 Å². The van der Waals surface area contributed by atoms with Gasteiger partial charge in [0.15, 0.2) is 17.3 Å². The van der Waals surface area contributed by atoms with Crippen LogP contribution >= 0.6 is 0 Å². The molecule has 1 atom stereocenters. The topological polar surface area (TPSA) is 62.6 Å². The van der Waals surface area contributed by atoms with E-state index in [0.717, 1.165) is 16.9 Å². The molecule has 6 nitrogen and oxygen atoms in total. The molecule has 0 saturated heterocycles. The first-order valence-electron chi connectivity index (χ1n) is 9.11. The monoisotopic (exact) mass is 378 g/mol. The number of aromatic nitrogens is 2. The third kappa shape index (κ3) is 3.01. The SMILES string of the molecule is COc1cc(C2CC(=O)c3cnn(-c4ccccc4)c3C2)cc(OC)c1OC. The molecule has 0 radical (unpaired) electrons. The number of ether oxygens (including phenoxy) is 3. The minimum absolute atomic E-state index is 0.00729. The average molecular weight is 378 g/mol. The highest BCUT2D eigenvalue weighted by Gasteiger charge is 2.31. The normalized spacial score (nSPS) is 15.8. The van der Waals surface area contributed by atoms with Crippen molar-refractivity contribution in [2.75, 3.05) is 21.3 Å². The summed E-state index contributed by atoms with van der Waals surface area (Å²) in [5, 5.41) is 4.47. The lowest BCUT2D eigenvalue weighted by Gasteiger charge is -2.24. The number of Topliss-reactive ketones (excluding diaryl/α,β-unsaturated/α-hetero) is 1. The van der Waals surface area contributed by atoms with Crippen molar-refractivity contribution in [3.63, 3.8) is 0 Å². The average Bonchev–Trinajstić information content (AvgIpc) is 3.17. The van der Waals surface area contributed by atoms with Gasteiger partial charge in [-0.15, -0.1) is 0 Å².